The van der Waals surface area contributed by atoms with Gasteiger partial charge in [0.15, 0.2) is 9.84 Å². The second kappa shape index (κ2) is 4.33. The minimum atomic E-state index is -3.11. The smallest absolute Gasteiger partial charge is 0.175 e. The molecule has 1 atom stereocenters. The van der Waals surface area contributed by atoms with E-state index >= 15 is 0 Å². The van der Waals surface area contributed by atoms with Crippen LogP contribution >= 0.6 is 0 Å². The monoisotopic (exact) mass is 227 g/mol. The molecule has 15 heavy (non-hydrogen) atoms. The molecule has 0 saturated carbocycles. The third-order valence-electron chi connectivity index (χ3n) is 2.41. The van der Waals surface area contributed by atoms with E-state index in [1.807, 2.05) is 13.8 Å². The highest BCUT2D eigenvalue weighted by Crippen LogP contribution is 2.20. The van der Waals surface area contributed by atoms with Gasteiger partial charge in [0.05, 0.1) is 4.90 Å². The summed E-state index contributed by atoms with van der Waals surface area (Å²) in [5, 5.41) is 0. The molecule has 1 aromatic carbocycles. The topological polar surface area (TPSA) is 60.2 Å². The Kier molecular flexibility index (Phi) is 3.52. The first-order valence-electron chi connectivity index (χ1n) is 4.88. The molecule has 0 spiro atoms. The minimum Gasteiger partial charge on any atom is -0.324 e. The molecule has 0 radical (unpaired) electrons. The fourth-order valence-corrected chi connectivity index (χ4v) is 1.95. The van der Waals surface area contributed by atoms with Gasteiger partial charge in [-0.25, -0.2) is 8.42 Å². The Hall–Kier alpha value is -0.870. The lowest BCUT2D eigenvalue weighted by Crippen LogP contribution is -2.16. The van der Waals surface area contributed by atoms with Crippen molar-refractivity contribution in [2.45, 2.75) is 24.8 Å². The highest BCUT2D eigenvalue weighted by Gasteiger charge is 2.12. The van der Waals surface area contributed by atoms with Crippen LogP contribution in [0.4, 0.5) is 0 Å². The van der Waals surface area contributed by atoms with Gasteiger partial charge in [-0.05, 0) is 23.6 Å². The lowest BCUT2D eigenvalue weighted by Gasteiger charge is -2.15. The van der Waals surface area contributed by atoms with Gasteiger partial charge < -0.3 is 5.73 Å². The van der Waals surface area contributed by atoms with Gasteiger partial charge in [0.2, 0.25) is 0 Å². The van der Waals surface area contributed by atoms with Gasteiger partial charge in [-0.15, -0.1) is 0 Å². The summed E-state index contributed by atoms with van der Waals surface area (Å²) in [6, 6.07) is 6.72. The average molecular weight is 227 g/mol. The largest absolute Gasteiger partial charge is 0.324 e. The lowest BCUT2D eigenvalue weighted by atomic mass is 9.97. The maximum Gasteiger partial charge on any atom is 0.175 e. The third-order valence-corrected chi connectivity index (χ3v) is 3.54. The standard InChI is InChI=1S/C11H17NO2S/c1-8(2)11(12)9-4-6-10(7-5-9)15(3,13)14/h4-8,11H,12H2,1-3H3/t11-/m0/s1. The van der Waals surface area contributed by atoms with Crippen LogP contribution < -0.4 is 5.73 Å². The molecule has 0 saturated heterocycles. The highest BCUT2D eigenvalue weighted by molar-refractivity contribution is 7.90. The van der Waals surface area contributed by atoms with Crippen LogP contribution in [-0.4, -0.2) is 14.7 Å². The van der Waals surface area contributed by atoms with Crippen LogP contribution in [0, 0.1) is 5.92 Å². The average Bonchev–Trinajstić information content (AvgIpc) is 2.15. The molecule has 1 rings (SSSR count). The van der Waals surface area contributed by atoms with Crippen LogP contribution in [0.2, 0.25) is 0 Å². The quantitative estimate of drug-likeness (QED) is 0.855. The van der Waals surface area contributed by atoms with Crippen LogP contribution in [0.5, 0.6) is 0 Å². The normalized spacial score (nSPS) is 14.2. The molecule has 4 heteroatoms. The number of benzene rings is 1. The molecular formula is C11H17NO2S. The van der Waals surface area contributed by atoms with E-state index in [2.05, 4.69) is 0 Å². The molecule has 0 aliphatic rings. The van der Waals surface area contributed by atoms with Gasteiger partial charge >= 0.3 is 0 Å². The predicted octanol–water partition coefficient (Wildman–Crippen LogP) is 1.75. The molecule has 0 amide bonds. The van der Waals surface area contributed by atoms with Crippen molar-refractivity contribution in [3.05, 3.63) is 29.8 Å². The number of sulfone groups is 1. The Labute approximate surface area is 91.2 Å². The second-order valence-electron chi connectivity index (χ2n) is 4.11. The predicted molar refractivity (Wildman–Crippen MR) is 61.3 cm³/mol. The van der Waals surface area contributed by atoms with Crippen molar-refractivity contribution in [2.24, 2.45) is 11.7 Å². The van der Waals surface area contributed by atoms with Crippen LogP contribution in [0.25, 0.3) is 0 Å². The number of nitrogens with two attached hydrogens (primary N) is 1. The Morgan fingerprint density at radius 1 is 1.13 bits per heavy atom. The Balaban J connectivity index is 3.01. The van der Waals surface area contributed by atoms with Gasteiger partial charge in [-0.1, -0.05) is 26.0 Å². The van der Waals surface area contributed by atoms with Gasteiger partial charge in [-0.3, -0.25) is 0 Å². The van der Waals surface area contributed by atoms with E-state index in [1.54, 1.807) is 24.3 Å². The molecule has 3 nitrogen and oxygen atoms in total. The van der Waals surface area contributed by atoms with E-state index in [4.69, 9.17) is 5.73 Å². The Morgan fingerprint density at radius 2 is 1.60 bits per heavy atom. The maximum absolute atomic E-state index is 11.2. The van der Waals surface area contributed by atoms with Gasteiger partial charge in [0.1, 0.15) is 0 Å². The molecule has 1 aromatic rings. The molecule has 0 bridgehead atoms. The van der Waals surface area contributed by atoms with Crippen LogP contribution in [0.1, 0.15) is 25.5 Å². The van der Waals surface area contributed by atoms with E-state index < -0.39 is 9.84 Å². The Morgan fingerprint density at radius 3 is 1.93 bits per heavy atom. The van der Waals surface area contributed by atoms with E-state index in [0.717, 1.165) is 5.56 Å². The molecule has 0 aromatic heterocycles. The molecule has 0 unspecified atom stereocenters. The summed E-state index contributed by atoms with van der Waals surface area (Å²) in [5.74, 6) is 0.342. The van der Waals surface area contributed by atoms with Crippen molar-refractivity contribution in [2.75, 3.05) is 6.26 Å². The first kappa shape index (κ1) is 12.2. The van der Waals surface area contributed by atoms with Crippen LogP contribution in [0.3, 0.4) is 0 Å². The molecule has 0 heterocycles. The third kappa shape index (κ3) is 3.04. The van der Waals surface area contributed by atoms with E-state index in [0.29, 0.717) is 10.8 Å². The SMILES string of the molecule is CC(C)[C@H](N)c1ccc(S(C)(=O)=O)cc1. The maximum atomic E-state index is 11.2. The number of hydrogen-bond donors (Lipinski definition) is 1. The highest BCUT2D eigenvalue weighted by atomic mass is 32.2. The molecule has 2 N–H and O–H groups in total. The zero-order valence-electron chi connectivity index (χ0n) is 9.27. The summed E-state index contributed by atoms with van der Waals surface area (Å²) in [6.07, 6.45) is 1.20. The van der Waals surface area contributed by atoms with E-state index in [1.165, 1.54) is 6.26 Å². The van der Waals surface area contributed by atoms with Crippen molar-refractivity contribution in [1.82, 2.24) is 0 Å². The summed E-state index contributed by atoms with van der Waals surface area (Å²) < 4.78 is 22.4. The summed E-state index contributed by atoms with van der Waals surface area (Å²) in [4.78, 5) is 0.335. The van der Waals surface area contributed by atoms with Gasteiger partial charge in [-0.2, -0.15) is 0 Å². The van der Waals surface area contributed by atoms with Crippen molar-refractivity contribution < 1.29 is 8.42 Å². The van der Waals surface area contributed by atoms with Crippen LogP contribution in [-0.2, 0) is 9.84 Å². The molecule has 0 aliphatic carbocycles. The van der Waals surface area contributed by atoms with Crippen molar-refractivity contribution in [3.63, 3.8) is 0 Å². The number of rotatable bonds is 3. The fraction of sp³-hybridized carbons (Fsp3) is 0.455. The van der Waals surface area contributed by atoms with E-state index in [-0.39, 0.29) is 6.04 Å². The molecular weight excluding hydrogens is 210 g/mol. The first-order chi connectivity index (χ1) is 6.82. The van der Waals surface area contributed by atoms with Crippen molar-refractivity contribution >= 4 is 9.84 Å². The van der Waals surface area contributed by atoms with Crippen molar-refractivity contribution in [3.8, 4) is 0 Å². The minimum absolute atomic E-state index is 0.0430. The van der Waals surface area contributed by atoms with Crippen LogP contribution in [0.15, 0.2) is 29.2 Å². The zero-order chi connectivity index (χ0) is 11.6. The zero-order valence-corrected chi connectivity index (χ0v) is 10.1. The molecule has 0 fully saturated rings. The molecule has 0 aliphatic heterocycles. The Bertz CT molecular complexity index is 420. The van der Waals surface area contributed by atoms with Crippen molar-refractivity contribution in [1.29, 1.82) is 0 Å². The van der Waals surface area contributed by atoms with Gasteiger partial charge in [0.25, 0.3) is 0 Å². The second-order valence-corrected chi connectivity index (χ2v) is 6.13. The summed E-state index contributed by atoms with van der Waals surface area (Å²) >= 11 is 0. The van der Waals surface area contributed by atoms with E-state index in [9.17, 15) is 8.42 Å². The summed E-state index contributed by atoms with van der Waals surface area (Å²) in [6.45, 7) is 4.07. The van der Waals surface area contributed by atoms with Gasteiger partial charge in [0, 0.05) is 12.3 Å². The molecule has 84 valence electrons. The first-order valence-corrected chi connectivity index (χ1v) is 6.77. The summed E-state index contributed by atoms with van der Waals surface area (Å²) in [7, 11) is -3.11. The fourth-order valence-electron chi connectivity index (χ4n) is 1.32. The summed E-state index contributed by atoms with van der Waals surface area (Å²) in [5.41, 5.74) is 6.92. The lowest BCUT2D eigenvalue weighted by molar-refractivity contribution is 0.514. The number of hydrogen-bond acceptors (Lipinski definition) is 3.